The minimum absolute atomic E-state index is 0. The van der Waals surface area contributed by atoms with Crippen LogP contribution >= 0.6 is 0 Å². The van der Waals surface area contributed by atoms with Crippen LogP contribution in [0.1, 0.15) is 26.7 Å². The fourth-order valence-corrected chi connectivity index (χ4v) is 0. The first-order valence-electron chi connectivity index (χ1n) is 1.91. The molecule has 0 saturated heterocycles. The Morgan fingerprint density at radius 2 is 1.00 bits per heavy atom. The molecule has 0 heterocycles. The molecule has 0 aromatic carbocycles. The second-order valence-electron chi connectivity index (χ2n) is 1.000. The molecule has 0 unspecified atom stereocenters. The minimum atomic E-state index is 0. The van der Waals surface area contributed by atoms with Gasteiger partial charge in [0.05, 0.1) is 0 Å². The van der Waals surface area contributed by atoms with Crippen LogP contribution in [0.3, 0.4) is 0 Å². The Balaban J connectivity index is -0.0000000150. The van der Waals surface area contributed by atoms with Crippen LogP contribution in [0, 0.1) is 0 Å². The molecule has 0 aliphatic carbocycles. The monoisotopic (exact) mass is 216 g/mol. The maximum atomic E-state index is 2.18. The number of hydrogen-bond donors (Lipinski definition) is 0. The van der Waals surface area contributed by atoms with E-state index < -0.39 is 0 Å². The molecule has 2 radical (unpaired) electrons. The maximum absolute atomic E-state index is 2.18. The SMILES string of the molecule is CCCC.O.O.[SnH2]. The molecule has 0 aliphatic rings. The summed E-state index contributed by atoms with van der Waals surface area (Å²) in [4.78, 5) is 0. The van der Waals surface area contributed by atoms with E-state index in [-0.39, 0.29) is 34.9 Å². The Hall–Kier alpha value is 0.719. The number of hydrogen-bond acceptors (Lipinski definition) is 0. The molecule has 0 spiro atoms. The van der Waals surface area contributed by atoms with Crippen LogP contribution < -0.4 is 0 Å². The van der Waals surface area contributed by atoms with Gasteiger partial charge in [-0.15, -0.1) is 0 Å². The quantitative estimate of drug-likeness (QED) is 0.516. The van der Waals surface area contributed by atoms with Gasteiger partial charge in [-0.05, 0) is 0 Å². The molecular weight excluding hydrogens is 199 g/mol. The van der Waals surface area contributed by atoms with Gasteiger partial charge in [-0.25, -0.2) is 0 Å². The van der Waals surface area contributed by atoms with E-state index >= 15 is 0 Å². The third-order valence-corrected chi connectivity index (χ3v) is 0.500. The van der Waals surface area contributed by atoms with Crippen LogP contribution in [0.2, 0.25) is 0 Å². The van der Waals surface area contributed by atoms with E-state index in [0.29, 0.717) is 0 Å². The average Bonchev–Trinajstić information content (AvgIpc) is 1.37. The fraction of sp³-hybridized carbons (Fsp3) is 1.00. The Morgan fingerprint density at radius 1 is 0.857 bits per heavy atom. The van der Waals surface area contributed by atoms with Crippen molar-refractivity contribution in [1.82, 2.24) is 0 Å². The van der Waals surface area contributed by atoms with Crippen LogP contribution in [-0.4, -0.2) is 34.9 Å². The predicted molar refractivity (Wildman–Crippen MR) is 36.4 cm³/mol. The van der Waals surface area contributed by atoms with E-state index in [1.54, 1.807) is 0 Å². The summed E-state index contributed by atoms with van der Waals surface area (Å²) in [5.74, 6) is 0. The topological polar surface area (TPSA) is 63.0 Å². The first-order chi connectivity index (χ1) is 1.91. The van der Waals surface area contributed by atoms with Gasteiger partial charge < -0.3 is 11.0 Å². The summed E-state index contributed by atoms with van der Waals surface area (Å²) in [6, 6.07) is 0. The molecule has 0 bridgehead atoms. The summed E-state index contributed by atoms with van der Waals surface area (Å²) < 4.78 is 0. The van der Waals surface area contributed by atoms with Crippen molar-refractivity contribution in [2.24, 2.45) is 0 Å². The van der Waals surface area contributed by atoms with Crippen molar-refractivity contribution < 1.29 is 11.0 Å². The van der Waals surface area contributed by atoms with Gasteiger partial charge in [-0.1, -0.05) is 26.7 Å². The molecule has 7 heavy (non-hydrogen) atoms. The van der Waals surface area contributed by atoms with Crippen molar-refractivity contribution in [3.05, 3.63) is 0 Å². The summed E-state index contributed by atoms with van der Waals surface area (Å²) in [6.07, 6.45) is 2.64. The summed E-state index contributed by atoms with van der Waals surface area (Å²) in [5.41, 5.74) is 0. The van der Waals surface area contributed by atoms with Crippen LogP contribution in [0.5, 0.6) is 0 Å². The third kappa shape index (κ3) is 50.6. The van der Waals surface area contributed by atoms with E-state index in [2.05, 4.69) is 13.8 Å². The second-order valence-corrected chi connectivity index (χ2v) is 1.000. The molecule has 0 saturated carbocycles. The molecular formula is C4H16O2Sn. The molecule has 4 N–H and O–H groups in total. The van der Waals surface area contributed by atoms with Gasteiger partial charge in [-0.3, -0.25) is 0 Å². The van der Waals surface area contributed by atoms with Gasteiger partial charge in [0.2, 0.25) is 0 Å². The van der Waals surface area contributed by atoms with Crippen LogP contribution in [-0.2, 0) is 0 Å². The normalized spacial score (nSPS) is 4.29. The summed E-state index contributed by atoms with van der Waals surface area (Å²) in [5, 5.41) is 0. The van der Waals surface area contributed by atoms with Crippen molar-refractivity contribution in [2.75, 3.05) is 0 Å². The van der Waals surface area contributed by atoms with E-state index in [0.717, 1.165) is 0 Å². The molecule has 0 aliphatic heterocycles. The van der Waals surface area contributed by atoms with Gasteiger partial charge >= 0.3 is 23.9 Å². The molecule has 0 amide bonds. The summed E-state index contributed by atoms with van der Waals surface area (Å²) in [7, 11) is 0. The van der Waals surface area contributed by atoms with Gasteiger partial charge in [-0.2, -0.15) is 0 Å². The van der Waals surface area contributed by atoms with Gasteiger partial charge in [0, 0.05) is 0 Å². The Bertz CT molecular complexity index is 11.7. The standard InChI is InChI=1S/C4H10.2H2O.Sn.2H/c1-3-4-2;;;;;/h3-4H2,1-2H3;2*1H2;;;. The molecule has 0 aromatic heterocycles. The zero-order chi connectivity index (χ0) is 3.41. The zero-order valence-corrected chi connectivity index (χ0v) is 9.16. The molecule has 0 rings (SSSR count). The van der Waals surface area contributed by atoms with Crippen molar-refractivity contribution in [3.63, 3.8) is 0 Å². The van der Waals surface area contributed by atoms with E-state index in [1.165, 1.54) is 12.8 Å². The zero-order valence-electron chi connectivity index (χ0n) is 5.12. The van der Waals surface area contributed by atoms with E-state index in [4.69, 9.17) is 0 Å². The number of unbranched alkanes of at least 4 members (excludes halogenated alkanes) is 1. The summed E-state index contributed by atoms with van der Waals surface area (Å²) >= 11 is 0. The van der Waals surface area contributed by atoms with Gasteiger partial charge in [0.1, 0.15) is 0 Å². The number of rotatable bonds is 1. The molecule has 3 heteroatoms. The van der Waals surface area contributed by atoms with Crippen LogP contribution in [0.15, 0.2) is 0 Å². The van der Waals surface area contributed by atoms with Crippen molar-refractivity contribution in [2.45, 2.75) is 26.7 Å². The van der Waals surface area contributed by atoms with Crippen LogP contribution in [0.4, 0.5) is 0 Å². The molecule has 48 valence electrons. The third-order valence-electron chi connectivity index (χ3n) is 0.500. The average molecular weight is 215 g/mol. The molecule has 0 fully saturated rings. The van der Waals surface area contributed by atoms with Crippen molar-refractivity contribution in [1.29, 1.82) is 0 Å². The van der Waals surface area contributed by atoms with Gasteiger partial charge in [0.25, 0.3) is 0 Å². The molecule has 0 aromatic rings. The molecule has 0 atom stereocenters. The fourth-order valence-electron chi connectivity index (χ4n) is 0. The summed E-state index contributed by atoms with van der Waals surface area (Å²) in [6.45, 7) is 4.36. The second kappa shape index (κ2) is 29.7. The Kier molecular flexibility index (Phi) is 107. The van der Waals surface area contributed by atoms with Crippen molar-refractivity contribution in [3.8, 4) is 0 Å². The molecule has 2 nitrogen and oxygen atoms in total. The first kappa shape index (κ1) is 25.2. The van der Waals surface area contributed by atoms with Gasteiger partial charge in [0.15, 0.2) is 0 Å². The Labute approximate surface area is 61.9 Å². The predicted octanol–water partition coefficient (Wildman–Crippen LogP) is -0.759. The van der Waals surface area contributed by atoms with E-state index in [9.17, 15) is 0 Å². The first-order valence-corrected chi connectivity index (χ1v) is 1.91. The van der Waals surface area contributed by atoms with Crippen molar-refractivity contribution >= 4 is 23.9 Å². The van der Waals surface area contributed by atoms with Crippen LogP contribution in [0.25, 0.3) is 0 Å². The van der Waals surface area contributed by atoms with E-state index in [1.807, 2.05) is 0 Å². The Morgan fingerprint density at radius 3 is 1.00 bits per heavy atom.